The highest BCUT2D eigenvalue weighted by atomic mass is 15.0. The van der Waals surface area contributed by atoms with Gasteiger partial charge in [0.15, 0.2) is 6.54 Å². The molecule has 0 aliphatic rings. The van der Waals surface area contributed by atoms with Gasteiger partial charge < -0.3 is 10.7 Å². The van der Waals surface area contributed by atoms with Gasteiger partial charge in [-0.15, -0.1) is 0 Å². The molecule has 0 atom stereocenters. The number of aryl methyl sites for hydroxylation is 3. The van der Waals surface area contributed by atoms with Crippen LogP contribution in [0.1, 0.15) is 17.5 Å². The summed E-state index contributed by atoms with van der Waals surface area (Å²) in [6, 6.07) is 10.9. The molecule has 2 heterocycles. The molecule has 4 aromatic rings. The van der Waals surface area contributed by atoms with Crippen molar-refractivity contribution in [3.63, 3.8) is 0 Å². The van der Waals surface area contributed by atoms with E-state index in [1.807, 2.05) is 6.20 Å². The minimum Gasteiger partial charge on any atom is -0.367 e. The van der Waals surface area contributed by atoms with E-state index in [1.54, 1.807) is 0 Å². The zero-order chi connectivity index (χ0) is 16.0. The quantitative estimate of drug-likeness (QED) is 0.557. The summed E-state index contributed by atoms with van der Waals surface area (Å²) >= 11 is 0. The number of aromatic amines is 1. The first-order valence-corrected chi connectivity index (χ1v) is 8.24. The first-order chi connectivity index (χ1) is 11.2. The van der Waals surface area contributed by atoms with Gasteiger partial charge in [-0.25, -0.2) is 0 Å². The molecule has 0 unspecified atom stereocenters. The Morgan fingerprint density at radius 3 is 2.65 bits per heavy atom. The average molecular weight is 304 g/mol. The van der Waals surface area contributed by atoms with Gasteiger partial charge in [-0.05, 0) is 43.5 Å². The van der Waals surface area contributed by atoms with E-state index >= 15 is 0 Å². The molecule has 0 aliphatic carbocycles. The van der Waals surface area contributed by atoms with E-state index in [1.165, 1.54) is 43.7 Å². The maximum Gasteiger partial charge on any atom is 0.217 e. The Morgan fingerprint density at radius 1 is 1.00 bits per heavy atom. The molecule has 0 saturated heterocycles. The van der Waals surface area contributed by atoms with E-state index in [-0.39, 0.29) is 0 Å². The number of rotatable bonds is 3. The summed E-state index contributed by atoms with van der Waals surface area (Å²) in [7, 11) is 0. The predicted octanol–water partition coefficient (Wildman–Crippen LogP) is 3.73. The lowest BCUT2D eigenvalue weighted by Crippen LogP contribution is -2.34. The molecule has 3 N–H and O–H groups in total. The Bertz CT molecular complexity index is 1030. The minimum absolute atomic E-state index is 0.717. The summed E-state index contributed by atoms with van der Waals surface area (Å²) in [5.74, 6) is 0. The normalized spacial score (nSPS) is 11.8. The summed E-state index contributed by atoms with van der Waals surface area (Å²) in [4.78, 5) is 3.23. The predicted molar refractivity (Wildman–Crippen MR) is 96.7 cm³/mol. The molecule has 0 radical (unpaired) electrons. The third-order valence-corrected chi connectivity index (χ3v) is 4.96. The second-order valence-electron chi connectivity index (χ2n) is 6.26. The number of pyridine rings is 1. The van der Waals surface area contributed by atoms with Gasteiger partial charge in [0.25, 0.3) is 0 Å². The molecule has 0 aliphatic heterocycles. The van der Waals surface area contributed by atoms with Crippen LogP contribution in [0, 0.1) is 13.8 Å². The number of nitrogens with zero attached hydrogens (tertiary/aromatic N) is 1. The molecule has 23 heavy (non-hydrogen) atoms. The maximum absolute atomic E-state index is 5.77. The van der Waals surface area contributed by atoms with Crippen LogP contribution in [0.3, 0.4) is 0 Å². The van der Waals surface area contributed by atoms with Crippen LogP contribution in [0.15, 0.2) is 42.7 Å². The molecule has 0 bridgehead atoms. The van der Waals surface area contributed by atoms with Gasteiger partial charge in [0.2, 0.25) is 11.0 Å². The number of para-hydroxylation sites is 1. The van der Waals surface area contributed by atoms with E-state index in [4.69, 9.17) is 5.73 Å². The Morgan fingerprint density at radius 2 is 1.83 bits per heavy atom. The van der Waals surface area contributed by atoms with Crippen LogP contribution >= 0.6 is 0 Å². The van der Waals surface area contributed by atoms with E-state index in [0.29, 0.717) is 6.54 Å². The van der Waals surface area contributed by atoms with Crippen LogP contribution in [-0.4, -0.2) is 11.5 Å². The van der Waals surface area contributed by atoms with E-state index < -0.39 is 0 Å². The fourth-order valence-electron chi connectivity index (χ4n) is 3.88. The van der Waals surface area contributed by atoms with Crippen molar-refractivity contribution in [2.45, 2.75) is 26.8 Å². The number of hydrogen-bond acceptors (Lipinski definition) is 1. The standard InChI is InChI=1S/C20H21N3/c1-13-17-12-22-10-8-15(17)14(2)20-19(13)16-6-3-4-7-18(16)23(20)11-5-9-21/h3-4,6-8,10,12H,5,9,11,21H2,1-2H3/p+1. The number of aromatic nitrogens is 2. The van der Waals surface area contributed by atoms with Crippen LogP contribution in [0.25, 0.3) is 32.6 Å². The summed E-state index contributed by atoms with van der Waals surface area (Å²) in [6.07, 6.45) is 5.11. The minimum atomic E-state index is 0.717. The lowest BCUT2D eigenvalue weighted by Gasteiger charge is -2.07. The molecule has 4 rings (SSSR count). The van der Waals surface area contributed by atoms with Crippen LogP contribution in [0.5, 0.6) is 0 Å². The molecule has 0 fully saturated rings. The molecular weight excluding hydrogens is 282 g/mol. The topological polar surface area (TPSA) is 45.7 Å². The first-order valence-electron chi connectivity index (χ1n) is 8.24. The second-order valence-corrected chi connectivity index (χ2v) is 6.26. The van der Waals surface area contributed by atoms with Gasteiger partial charge in [0, 0.05) is 35.8 Å². The van der Waals surface area contributed by atoms with Crippen LogP contribution in [-0.2, 0) is 6.54 Å². The Labute approximate surface area is 135 Å². The average Bonchev–Trinajstić information content (AvgIpc) is 2.93. The zero-order valence-electron chi connectivity index (χ0n) is 13.7. The molecule has 0 saturated carbocycles. The molecule has 3 nitrogen and oxygen atoms in total. The van der Waals surface area contributed by atoms with Crippen molar-refractivity contribution >= 4 is 32.6 Å². The fraction of sp³-hybridized carbons (Fsp3) is 0.250. The lowest BCUT2D eigenvalue weighted by molar-refractivity contribution is -0.644. The molecule has 3 heteroatoms. The third-order valence-electron chi connectivity index (χ3n) is 4.96. The van der Waals surface area contributed by atoms with E-state index in [9.17, 15) is 0 Å². The second kappa shape index (κ2) is 5.36. The van der Waals surface area contributed by atoms with Gasteiger partial charge >= 0.3 is 0 Å². The van der Waals surface area contributed by atoms with Crippen molar-refractivity contribution in [3.8, 4) is 0 Å². The Balaban J connectivity index is 2.25. The zero-order valence-corrected chi connectivity index (χ0v) is 13.7. The summed E-state index contributed by atoms with van der Waals surface area (Å²) in [5, 5.41) is 5.35. The summed E-state index contributed by atoms with van der Waals surface area (Å²) in [6.45, 7) is 6.15. The maximum atomic E-state index is 5.77. The highest BCUT2D eigenvalue weighted by molar-refractivity contribution is 6.13. The van der Waals surface area contributed by atoms with Gasteiger partial charge in [-0.1, -0.05) is 12.1 Å². The number of nitrogens with one attached hydrogen (secondary N) is 1. The molecule has 0 amide bonds. The number of benzene rings is 2. The SMILES string of the molecule is Cc1c2c[nH]ccc2c(C)c2c1c1ccccc1[n+]2CCCN. The summed E-state index contributed by atoms with van der Waals surface area (Å²) < 4.78 is 2.45. The van der Waals surface area contributed by atoms with Crippen molar-refractivity contribution in [1.29, 1.82) is 0 Å². The highest BCUT2D eigenvalue weighted by Gasteiger charge is 2.24. The van der Waals surface area contributed by atoms with Crippen LogP contribution < -0.4 is 10.3 Å². The van der Waals surface area contributed by atoms with Gasteiger partial charge in [-0.3, -0.25) is 0 Å². The van der Waals surface area contributed by atoms with Crippen molar-refractivity contribution in [2.75, 3.05) is 6.54 Å². The highest BCUT2D eigenvalue weighted by Crippen LogP contribution is 2.35. The summed E-state index contributed by atoms with van der Waals surface area (Å²) in [5.41, 5.74) is 11.1. The molecule has 116 valence electrons. The first kappa shape index (κ1) is 14.2. The molecular formula is C20H22N3+. The van der Waals surface area contributed by atoms with Gasteiger partial charge in [-0.2, -0.15) is 4.57 Å². The van der Waals surface area contributed by atoms with Crippen LogP contribution in [0.2, 0.25) is 0 Å². The van der Waals surface area contributed by atoms with E-state index in [2.05, 4.69) is 59.9 Å². The number of H-pyrrole nitrogens is 1. The van der Waals surface area contributed by atoms with Gasteiger partial charge in [0.05, 0.1) is 10.8 Å². The van der Waals surface area contributed by atoms with E-state index in [0.717, 1.165) is 13.0 Å². The monoisotopic (exact) mass is 304 g/mol. The molecule has 2 aromatic carbocycles. The molecule has 2 aromatic heterocycles. The van der Waals surface area contributed by atoms with Gasteiger partial charge in [0.1, 0.15) is 0 Å². The van der Waals surface area contributed by atoms with Crippen molar-refractivity contribution in [3.05, 3.63) is 53.9 Å². The third kappa shape index (κ3) is 1.97. The largest absolute Gasteiger partial charge is 0.367 e. The van der Waals surface area contributed by atoms with Crippen molar-refractivity contribution in [1.82, 2.24) is 4.98 Å². The fourth-order valence-corrected chi connectivity index (χ4v) is 3.88. The number of nitrogens with two attached hydrogens (primary N) is 1. The number of fused-ring (bicyclic) bond motifs is 4. The van der Waals surface area contributed by atoms with Crippen molar-refractivity contribution < 1.29 is 4.57 Å². The lowest BCUT2D eigenvalue weighted by atomic mass is 9.97. The molecule has 0 spiro atoms. The Kier molecular flexibility index (Phi) is 3.31. The van der Waals surface area contributed by atoms with Crippen molar-refractivity contribution in [2.24, 2.45) is 5.73 Å². The van der Waals surface area contributed by atoms with Crippen LogP contribution in [0.4, 0.5) is 0 Å². The number of hydrogen-bond donors (Lipinski definition) is 2. The Hall–Kier alpha value is -2.39. The smallest absolute Gasteiger partial charge is 0.217 e.